The maximum Gasteiger partial charge on any atom is 0.319 e. The highest BCUT2D eigenvalue weighted by Gasteiger charge is 2.12. The van der Waals surface area contributed by atoms with E-state index in [0.29, 0.717) is 0 Å². The fourth-order valence-corrected chi connectivity index (χ4v) is 1.40. The number of urea groups is 1. The molecule has 102 valence electrons. The lowest BCUT2D eigenvalue weighted by atomic mass is 10.2. The number of hydrogen-bond acceptors (Lipinski definition) is 4. The van der Waals surface area contributed by atoms with Crippen LogP contribution in [0.15, 0.2) is 24.3 Å². The van der Waals surface area contributed by atoms with E-state index < -0.39 is 23.0 Å². The molecule has 0 saturated carbocycles. The van der Waals surface area contributed by atoms with Gasteiger partial charge in [-0.15, -0.1) is 0 Å². The van der Waals surface area contributed by atoms with Crippen molar-refractivity contribution in [3.8, 4) is 0 Å². The number of benzene rings is 1. The number of nitrogens with zero attached hydrogens (tertiary/aromatic N) is 1. The van der Waals surface area contributed by atoms with Gasteiger partial charge in [0.1, 0.15) is 0 Å². The van der Waals surface area contributed by atoms with Crippen molar-refractivity contribution in [2.45, 2.75) is 19.4 Å². The van der Waals surface area contributed by atoms with Crippen LogP contribution in [0, 0.1) is 10.1 Å². The Kier molecular flexibility index (Phi) is 4.81. The van der Waals surface area contributed by atoms with E-state index in [0.717, 1.165) is 0 Å². The fraction of sp³-hybridized carbons (Fsp3) is 0.273. The summed E-state index contributed by atoms with van der Waals surface area (Å²) >= 11 is 0. The monoisotopic (exact) mass is 267 g/mol. The van der Waals surface area contributed by atoms with E-state index in [1.807, 2.05) is 0 Å². The number of hydrogen-bond donors (Lipinski definition) is 3. The molecule has 1 atom stereocenters. The molecule has 0 heterocycles. The van der Waals surface area contributed by atoms with Crippen LogP contribution in [0.25, 0.3) is 0 Å². The van der Waals surface area contributed by atoms with E-state index >= 15 is 0 Å². The molecule has 0 aliphatic heterocycles. The van der Waals surface area contributed by atoms with Gasteiger partial charge in [-0.3, -0.25) is 14.9 Å². The Balaban J connectivity index is 2.59. The smallest absolute Gasteiger partial charge is 0.319 e. The molecule has 1 unspecified atom stereocenters. The minimum Gasteiger partial charge on any atom is -0.481 e. The minimum atomic E-state index is -1.02. The first-order valence-electron chi connectivity index (χ1n) is 5.42. The molecule has 0 fully saturated rings. The molecule has 1 aromatic carbocycles. The highest BCUT2D eigenvalue weighted by atomic mass is 16.6. The third-order valence-corrected chi connectivity index (χ3v) is 2.17. The molecule has 0 bridgehead atoms. The number of nitro groups is 1. The Bertz CT molecular complexity index is 503. The average Bonchev–Trinajstić information content (AvgIpc) is 2.27. The van der Waals surface area contributed by atoms with Crippen molar-refractivity contribution in [2.24, 2.45) is 0 Å². The quantitative estimate of drug-likeness (QED) is 0.552. The summed E-state index contributed by atoms with van der Waals surface area (Å²) in [4.78, 5) is 31.9. The van der Waals surface area contributed by atoms with Gasteiger partial charge in [0.15, 0.2) is 0 Å². The SMILES string of the molecule is CC(CC(=O)O)NC(=O)Nc1cccc([N+](=O)[O-])c1. The molecule has 1 aromatic rings. The zero-order chi connectivity index (χ0) is 14.4. The van der Waals surface area contributed by atoms with Crippen molar-refractivity contribution >= 4 is 23.4 Å². The summed E-state index contributed by atoms with van der Waals surface area (Å²) in [5.74, 6) is -1.02. The van der Waals surface area contributed by atoms with Crippen LogP contribution < -0.4 is 10.6 Å². The van der Waals surface area contributed by atoms with Gasteiger partial charge in [0, 0.05) is 23.9 Å². The fourth-order valence-electron chi connectivity index (χ4n) is 1.40. The number of nitro benzene ring substituents is 1. The predicted molar refractivity (Wildman–Crippen MR) is 67.0 cm³/mol. The molecule has 1 rings (SSSR count). The number of carboxylic acid groups (broad SMARTS) is 1. The molecule has 8 nitrogen and oxygen atoms in total. The van der Waals surface area contributed by atoms with Gasteiger partial charge in [0.2, 0.25) is 0 Å². The lowest BCUT2D eigenvalue weighted by Gasteiger charge is -2.12. The first-order valence-corrected chi connectivity index (χ1v) is 5.42. The zero-order valence-corrected chi connectivity index (χ0v) is 10.1. The van der Waals surface area contributed by atoms with Crippen LogP contribution in [0.2, 0.25) is 0 Å². The van der Waals surface area contributed by atoms with Crippen molar-refractivity contribution in [3.05, 3.63) is 34.4 Å². The van der Waals surface area contributed by atoms with E-state index in [-0.39, 0.29) is 17.8 Å². The molecule has 2 amide bonds. The Morgan fingerprint density at radius 1 is 1.47 bits per heavy atom. The summed E-state index contributed by atoms with van der Waals surface area (Å²) in [6.45, 7) is 1.54. The van der Waals surface area contributed by atoms with Crippen LogP contribution in [0.4, 0.5) is 16.2 Å². The molecule has 19 heavy (non-hydrogen) atoms. The third-order valence-electron chi connectivity index (χ3n) is 2.17. The Morgan fingerprint density at radius 3 is 2.74 bits per heavy atom. The molecule has 0 saturated heterocycles. The maximum absolute atomic E-state index is 11.5. The predicted octanol–water partition coefficient (Wildman–Crippen LogP) is 1.58. The number of carbonyl (C=O) groups is 2. The molecule has 8 heteroatoms. The van der Waals surface area contributed by atoms with Gasteiger partial charge in [-0.1, -0.05) is 6.07 Å². The first-order chi connectivity index (χ1) is 8.88. The Labute approximate surface area is 108 Å². The van der Waals surface area contributed by atoms with E-state index in [4.69, 9.17) is 5.11 Å². The maximum atomic E-state index is 11.5. The molecule has 0 radical (unpaired) electrons. The summed E-state index contributed by atoms with van der Waals surface area (Å²) in [5, 5.41) is 23.9. The van der Waals surface area contributed by atoms with Crippen molar-refractivity contribution in [3.63, 3.8) is 0 Å². The second kappa shape index (κ2) is 6.34. The second-order valence-electron chi connectivity index (χ2n) is 3.90. The highest BCUT2D eigenvalue weighted by Crippen LogP contribution is 2.16. The standard InChI is InChI=1S/C11H13N3O5/c1-7(5-10(15)16)12-11(17)13-8-3-2-4-9(6-8)14(18)19/h2-4,6-7H,5H2,1H3,(H,15,16)(H2,12,13,17). The molecular formula is C11H13N3O5. The lowest BCUT2D eigenvalue weighted by Crippen LogP contribution is -2.37. The highest BCUT2D eigenvalue weighted by molar-refractivity contribution is 5.90. The number of nitrogens with one attached hydrogen (secondary N) is 2. The van der Waals surface area contributed by atoms with Crippen LogP contribution >= 0.6 is 0 Å². The number of carboxylic acids is 1. The van der Waals surface area contributed by atoms with E-state index in [2.05, 4.69) is 10.6 Å². The number of carbonyl (C=O) groups excluding carboxylic acids is 1. The van der Waals surface area contributed by atoms with Gasteiger partial charge in [0.05, 0.1) is 11.3 Å². The summed E-state index contributed by atoms with van der Waals surface area (Å²) < 4.78 is 0. The van der Waals surface area contributed by atoms with Crippen molar-refractivity contribution < 1.29 is 19.6 Å². The summed E-state index contributed by atoms with van der Waals surface area (Å²) in [6, 6.07) is 4.28. The summed E-state index contributed by atoms with van der Waals surface area (Å²) in [5.41, 5.74) is 0.116. The van der Waals surface area contributed by atoms with Crippen LogP contribution in [-0.2, 0) is 4.79 Å². The van der Waals surface area contributed by atoms with E-state index in [1.165, 1.54) is 24.3 Å². The van der Waals surface area contributed by atoms with Gasteiger partial charge < -0.3 is 15.7 Å². The van der Waals surface area contributed by atoms with Gasteiger partial charge in [-0.25, -0.2) is 4.79 Å². The van der Waals surface area contributed by atoms with Gasteiger partial charge in [-0.2, -0.15) is 0 Å². The second-order valence-corrected chi connectivity index (χ2v) is 3.90. The molecule has 0 aliphatic rings. The normalized spacial score (nSPS) is 11.4. The summed E-state index contributed by atoms with van der Waals surface area (Å²) in [7, 11) is 0. The number of non-ortho nitro benzene ring substituents is 1. The number of anilines is 1. The molecule has 0 aliphatic carbocycles. The third kappa shape index (κ3) is 5.02. The molecule has 3 N–H and O–H groups in total. The van der Waals surface area contributed by atoms with Crippen LogP contribution in [0.1, 0.15) is 13.3 Å². The summed E-state index contributed by atoms with van der Waals surface area (Å²) in [6.07, 6.45) is -0.206. The van der Waals surface area contributed by atoms with Crippen molar-refractivity contribution in [1.82, 2.24) is 5.32 Å². The first kappa shape index (κ1) is 14.4. The van der Waals surface area contributed by atoms with Gasteiger partial charge in [0.25, 0.3) is 5.69 Å². The number of rotatable bonds is 5. The zero-order valence-electron chi connectivity index (χ0n) is 10.1. The van der Waals surface area contributed by atoms with Crippen molar-refractivity contribution in [1.29, 1.82) is 0 Å². The minimum absolute atomic E-state index is 0.142. The van der Waals surface area contributed by atoms with E-state index in [9.17, 15) is 19.7 Å². The van der Waals surface area contributed by atoms with Crippen molar-refractivity contribution in [2.75, 3.05) is 5.32 Å². The average molecular weight is 267 g/mol. The Hall–Kier alpha value is -2.64. The van der Waals surface area contributed by atoms with Crippen LogP contribution in [0.5, 0.6) is 0 Å². The molecule has 0 spiro atoms. The molecule has 0 aromatic heterocycles. The number of aliphatic carboxylic acids is 1. The largest absolute Gasteiger partial charge is 0.481 e. The van der Waals surface area contributed by atoms with Crippen LogP contribution in [-0.4, -0.2) is 28.1 Å². The topological polar surface area (TPSA) is 122 Å². The number of amides is 2. The van der Waals surface area contributed by atoms with E-state index in [1.54, 1.807) is 6.92 Å². The lowest BCUT2D eigenvalue weighted by molar-refractivity contribution is -0.384. The van der Waals surface area contributed by atoms with Crippen LogP contribution in [0.3, 0.4) is 0 Å². The molecular weight excluding hydrogens is 254 g/mol. The Morgan fingerprint density at radius 2 is 2.16 bits per heavy atom. The van der Waals surface area contributed by atoms with Gasteiger partial charge in [-0.05, 0) is 13.0 Å². The van der Waals surface area contributed by atoms with Gasteiger partial charge >= 0.3 is 12.0 Å².